The second kappa shape index (κ2) is 54.5. The quantitative estimate of drug-likeness (QED) is 0.0164. The van der Waals surface area contributed by atoms with Gasteiger partial charge < -0.3 is 100 Å². The molecule has 1 saturated heterocycles. The van der Waals surface area contributed by atoms with Crippen LogP contribution in [0.4, 0.5) is 0 Å². The molecule has 27 nitrogen and oxygen atoms in total. The summed E-state index contributed by atoms with van der Waals surface area (Å²) in [5, 5.41) is 60.8. The Labute approximate surface area is 753 Å². The number of aliphatic hydroxyl groups is 3. The van der Waals surface area contributed by atoms with Crippen LogP contribution in [0, 0.1) is 43.4 Å². The Morgan fingerprint density at radius 3 is 1.74 bits per heavy atom. The number of amides is 9. The van der Waals surface area contributed by atoms with Crippen molar-refractivity contribution in [2.45, 2.75) is 159 Å². The van der Waals surface area contributed by atoms with Gasteiger partial charge in [-0.2, -0.15) is 6.20 Å². The zero-order chi connectivity index (χ0) is 87.8. The Bertz CT molecular complexity index is 4620. The second-order valence-corrected chi connectivity index (χ2v) is 32.7. The summed E-state index contributed by atoms with van der Waals surface area (Å²) >= 11 is 0. The van der Waals surface area contributed by atoms with Crippen molar-refractivity contribution in [3.63, 3.8) is 0 Å². The molecule has 0 bridgehead atoms. The molecule has 9 amide bonds. The Balaban J connectivity index is 0.000000575. The third-order valence-corrected chi connectivity index (χ3v) is 23.1. The first-order chi connectivity index (χ1) is 59.5. The molecular formula is C95H115ClN13O14PRu. The van der Waals surface area contributed by atoms with Crippen LogP contribution in [0.1, 0.15) is 107 Å². The number of hydrogen-bond acceptors (Lipinski definition) is 16. The van der Waals surface area contributed by atoms with E-state index in [4.69, 9.17) is 15.2 Å². The summed E-state index contributed by atoms with van der Waals surface area (Å²) in [6.07, 6.45) is 12.8. The van der Waals surface area contributed by atoms with Crippen LogP contribution in [0.3, 0.4) is 0 Å². The summed E-state index contributed by atoms with van der Waals surface area (Å²) in [4.78, 5) is 137. The molecule has 7 aromatic carbocycles. The van der Waals surface area contributed by atoms with Crippen molar-refractivity contribution in [1.82, 2.24) is 62.4 Å². The zero-order valence-corrected chi connectivity index (χ0v) is 74.4. The van der Waals surface area contributed by atoms with Crippen LogP contribution in [-0.2, 0) is 86.6 Å². The molecule has 1 saturated carbocycles. The predicted octanol–water partition coefficient (Wildman–Crippen LogP) is 2.90. The molecule has 2 aromatic heterocycles. The van der Waals surface area contributed by atoms with Crippen molar-refractivity contribution in [3.8, 4) is 5.69 Å². The van der Waals surface area contributed by atoms with Crippen molar-refractivity contribution in [1.29, 1.82) is 0 Å². The predicted molar refractivity (Wildman–Crippen MR) is 475 cm³/mol. The molecule has 0 unspecified atom stereocenters. The minimum Gasteiger partial charge on any atom is -1.00 e. The number of nitrogens with two attached hydrogens (primary N) is 1. The van der Waals surface area contributed by atoms with Crippen LogP contribution >= 0.6 is 7.92 Å². The number of carbonyl (C=O) groups excluding carboxylic acids is 9. The number of ether oxygens (including phenoxy) is 2. The van der Waals surface area contributed by atoms with Crippen LogP contribution in [-0.4, -0.2) is 185 Å². The van der Waals surface area contributed by atoms with E-state index >= 15 is 9.59 Å². The van der Waals surface area contributed by atoms with Crippen LogP contribution in [0.15, 0.2) is 225 Å². The SMILES string of the molecule is C[C@@H](O)[C@@H]1NC(=O)[C@H](CCCCN)NC(=O)[C@@H](Cc2c[n-]c3ccccc23)NC(=O)[C@H](Cc2ccccc2)NC(=O)[C@H](NC(=O)[C@@H](Cc2ccccc2)NC(=O)COCCOCCNC(=O)c2ccc(-n3ccnc3)cc2)CCCC[C@H](C(=O)N[C@H](CO)[C@@H](C)O)NC1=O.C[C]1[CH][CH][C](C(C)C)[CH][CH]1.[Cl-].[Ru+2].c1ccc(P(c2ccccc2)c2ccccc2)cc1. The topological polar surface area (TPSA) is 399 Å². The molecule has 0 spiro atoms. The van der Waals surface area contributed by atoms with Gasteiger partial charge in [0.2, 0.25) is 47.3 Å². The van der Waals surface area contributed by atoms with Crippen LogP contribution < -0.4 is 86.9 Å². The second-order valence-electron chi connectivity index (χ2n) is 30.5. The molecule has 3 heterocycles. The minimum atomic E-state index is -1.71. The molecule has 664 valence electrons. The van der Waals surface area contributed by atoms with Gasteiger partial charge in [0, 0.05) is 49.5 Å². The number of halogens is 1. The smallest absolute Gasteiger partial charge is 1.00 e. The normalized spacial score (nSPS) is 18.5. The van der Waals surface area contributed by atoms with E-state index in [0.717, 1.165) is 5.69 Å². The molecule has 125 heavy (non-hydrogen) atoms. The number of para-hydroxylation sites is 1. The van der Waals surface area contributed by atoms with Gasteiger partial charge in [0.25, 0.3) is 5.91 Å². The number of nitrogens with zero attached hydrogens (tertiary/aromatic N) is 3. The van der Waals surface area contributed by atoms with E-state index in [0.29, 0.717) is 51.9 Å². The van der Waals surface area contributed by atoms with Gasteiger partial charge >= 0.3 is 19.5 Å². The standard InChI is InChI=1S/C67H86N13O14.C18H15P.C10H14.ClH.Ru/c1-42(82)57(39-81)78-62(87)52-22-12-11-21-51(73-64(89)54(35-44-15-5-3-6-16-44)72-58(84)40-94-34-33-93-32-30-70-60(85)46-24-26-48(27-25-46)80-31-29-69-41-80)61(86)76-55(36-45-17-7-4-8-18-45)65(90)77-56(37-47-38-71-50-20-10-9-19-49(47)50)66(91)74-53(23-13-14-28-68)63(88)79-59(43(2)83)67(92)75-52;1-4-10-16(11-5-1)19(17-12-6-2-7-13-17)18-14-8-3-9-15-18;1-8(2)10-6-4-9(3)5-7-10;;/h3-10,15-20,24-27,29,31,38,41-43,51-57,59,81-83H,11-14,21-23,28,30,32-37,39-40,68H2,1-2H3,(H,70,85)(H,72,84)(H,73,89)(H,74,91)(H,75,92)(H,76,86)(H,77,90)(H,78,87)(H,79,88);1-15H;4-8H,1-3H3;1H;/q-1;;;;+2/p-1/t42-,43-,51-,52-,53+,54-,55+,56-,57-,59+;;;;/m1..../s1. The number of rotatable bonds is 32. The van der Waals surface area contributed by atoms with Crippen molar-refractivity contribution >= 4 is 87.9 Å². The summed E-state index contributed by atoms with van der Waals surface area (Å²) in [5.74, 6) is -3.61. The van der Waals surface area contributed by atoms with Crippen molar-refractivity contribution in [2.24, 2.45) is 11.7 Å². The number of aliphatic hydroxyl groups excluding tert-OH is 3. The summed E-state index contributed by atoms with van der Waals surface area (Å²) in [7, 11) is -0.446. The number of fused-ring (bicyclic) bond motifs is 1. The molecular weight excluding hydrogens is 1710 g/mol. The fraction of sp³-hybridized carbons (Fsp3) is 0.347. The zero-order valence-electron chi connectivity index (χ0n) is 71.0. The maximum atomic E-state index is 15.1. The molecule has 30 heteroatoms. The number of benzene rings is 7. The van der Waals surface area contributed by atoms with Gasteiger partial charge in [0.15, 0.2) is 0 Å². The maximum Gasteiger partial charge on any atom is 2.00 e. The molecule has 9 aromatic rings. The first-order valence-corrected chi connectivity index (χ1v) is 43.1. The summed E-state index contributed by atoms with van der Waals surface area (Å²) < 4.78 is 13.1. The van der Waals surface area contributed by atoms with Crippen LogP contribution in [0.5, 0.6) is 0 Å². The monoisotopic (exact) mass is 1830 g/mol. The van der Waals surface area contributed by atoms with Crippen molar-refractivity contribution in [3.05, 3.63) is 285 Å². The van der Waals surface area contributed by atoms with Crippen molar-refractivity contribution < 1.29 is 99.8 Å². The van der Waals surface area contributed by atoms with E-state index in [2.05, 4.69) is 195 Å². The third kappa shape index (κ3) is 33.5. The number of unbranched alkanes of at least 4 members (excludes halogenated alkanes) is 1. The maximum absolute atomic E-state index is 15.1. The summed E-state index contributed by atoms with van der Waals surface area (Å²) in [6.45, 7) is 8.56. The summed E-state index contributed by atoms with van der Waals surface area (Å²) in [6, 6.07) is 52.7. The Morgan fingerprint density at radius 2 is 1.17 bits per heavy atom. The van der Waals surface area contributed by atoms with Gasteiger partial charge in [0.1, 0.15) is 48.9 Å². The molecule has 2 fully saturated rings. The van der Waals surface area contributed by atoms with E-state index in [1.165, 1.54) is 41.6 Å². The van der Waals surface area contributed by atoms with Gasteiger partial charge in [-0.3, -0.25) is 43.2 Å². The molecule has 1 aliphatic carbocycles. The van der Waals surface area contributed by atoms with Gasteiger partial charge in [-0.15, -0.1) is 5.52 Å². The van der Waals surface area contributed by atoms with Crippen LogP contribution in [0.25, 0.3) is 16.6 Å². The molecule has 1 aliphatic heterocycles. The van der Waals surface area contributed by atoms with E-state index in [1.54, 1.807) is 134 Å². The van der Waals surface area contributed by atoms with Gasteiger partial charge in [-0.05, 0) is 161 Å². The van der Waals surface area contributed by atoms with Gasteiger partial charge in [0.05, 0.1) is 51.0 Å². The van der Waals surface area contributed by atoms with Crippen molar-refractivity contribution in [2.75, 3.05) is 46.1 Å². The molecule has 14 N–H and O–H groups in total. The number of aromatic nitrogens is 3. The molecule has 10 atom stereocenters. The molecule has 6 radical (unpaired) electrons. The van der Waals surface area contributed by atoms with E-state index in [9.17, 15) is 48.9 Å². The first kappa shape index (κ1) is 102. The van der Waals surface area contributed by atoms with Gasteiger partial charge in [-0.1, -0.05) is 215 Å². The largest absolute Gasteiger partial charge is 2.00 e. The Morgan fingerprint density at radius 1 is 0.616 bits per heavy atom. The van der Waals surface area contributed by atoms with Crippen LogP contribution in [0.2, 0.25) is 0 Å². The Kier molecular flexibility index (Phi) is 44.3. The fourth-order valence-electron chi connectivity index (χ4n) is 13.7. The Hall–Kier alpha value is -10.4. The van der Waals surface area contributed by atoms with E-state index in [1.807, 2.05) is 4.57 Å². The molecule has 2 aliphatic rings. The van der Waals surface area contributed by atoms with Gasteiger partial charge in [-0.25, -0.2) is 4.98 Å². The number of hydrogen-bond donors (Lipinski definition) is 13. The fourth-order valence-corrected chi connectivity index (χ4v) is 16.0. The number of nitrogens with one attached hydrogen (secondary N) is 9. The number of imidazole rings is 1. The molecule has 11 rings (SSSR count). The van der Waals surface area contributed by atoms with E-state index in [-0.39, 0.29) is 122 Å². The third-order valence-electron chi connectivity index (χ3n) is 20.6. The average molecular weight is 1830 g/mol. The first-order valence-electron chi connectivity index (χ1n) is 41.8. The average Bonchev–Trinajstić information content (AvgIpc) is 1.78. The number of carbonyl (C=O) groups is 9. The minimum absolute atomic E-state index is 0. The summed E-state index contributed by atoms with van der Waals surface area (Å²) in [5.41, 5.74) is 9.56. The van der Waals surface area contributed by atoms with E-state index < -0.39 is 129 Å².